The molecule has 4 aliphatic rings. The van der Waals surface area contributed by atoms with Gasteiger partial charge in [-0.15, -0.1) is 0 Å². The Hall–Kier alpha value is -0.320. The van der Waals surface area contributed by atoms with Crippen molar-refractivity contribution in [3.63, 3.8) is 0 Å². The van der Waals surface area contributed by atoms with Crippen molar-refractivity contribution in [1.29, 1.82) is 0 Å². The maximum atomic E-state index is 5.39. The maximum absolute atomic E-state index is 5.39. The van der Waals surface area contributed by atoms with Crippen LogP contribution in [-0.2, 0) is 4.74 Å². The number of rotatable bonds is 7. The van der Waals surface area contributed by atoms with E-state index in [4.69, 9.17) is 4.74 Å². The van der Waals surface area contributed by atoms with Crippen LogP contribution < -0.4 is 5.32 Å². The predicted octanol–water partition coefficient (Wildman–Crippen LogP) is 4.47. The number of ether oxygens (including phenoxy) is 1. The van der Waals surface area contributed by atoms with Crippen molar-refractivity contribution in [3.8, 4) is 0 Å². The van der Waals surface area contributed by atoms with Gasteiger partial charge in [0.15, 0.2) is 0 Å². The van der Waals surface area contributed by atoms with Gasteiger partial charge in [-0.1, -0.05) is 34.6 Å². The minimum absolute atomic E-state index is 0.730. The van der Waals surface area contributed by atoms with Crippen LogP contribution >= 0.6 is 0 Å². The molecule has 0 aliphatic carbocycles. The molecule has 0 saturated carbocycles. The van der Waals surface area contributed by atoms with E-state index in [1.54, 1.807) is 0 Å². The highest BCUT2D eigenvalue weighted by atomic mass is 16.5. The van der Waals surface area contributed by atoms with Gasteiger partial charge in [-0.25, -0.2) is 0 Å². The number of likely N-dealkylation sites (N-methyl/N-ethyl adjacent to an activating group) is 1. The molecule has 8 heteroatoms. The lowest BCUT2D eigenvalue weighted by molar-refractivity contribution is 0.000474. The average molecular weight is 600 g/mol. The van der Waals surface area contributed by atoms with E-state index in [1.165, 1.54) is 84.6 Å². The van der Waals surface area contributed by atoms with Gasteiger partial charge in [0.2, 0.25) is 0 Å². The molecule has 0 unspecified atom stereocenters. The van der Waals surface area contributed by atoms with Gasteiger partial charge in [-0.2, -0.15) is 0 Å². The Kier molecular flexibility index (Phi) is 25.8. The molecule has 0 bridgehead atoms. The first-order valence-electron chi connectivity index (χ1n) is 17.8. The van der Waals surface area contributed by atoms with Crippen LogP contribution in [-0.4, -0.2) is 167 Å². The Morgan fingerprint density at radius 1 is 0.667 bits per heavy atom. The van der Waals surface area contributed by atoms with Crippen molar-refractivity contribution in [2.45, 2.75) is 112 Å². The number of hydrogen-bond acceptors (Lipinski definition) is 8. The summed E-state index contributed by atoms with van der Waals surface area (Å²) in [6, 6.07) is 3.09. The topological polar surface area (TPSA) is 40.7 Å². The van der Waals surface area contributed by atoms with Crippen molar-refractivity contribution in [1.82, 2.24) is 34.7 Å². The van der Waals surface area contributed by atoms with Gasteiger partial charge in [-0.05, 0) is 94.2 Å². The first kappa shape index (κ1) is 41.7. The van der Waals surface area contributed by atoms with E-state index in [-0.39, 0.29) is 0 Å². The minimum atomic E-state index is 0.730. The fourth-order valence-corrected chi connectivity index (χ4v) is 6.12. The van der Waals surface area contributed by atoms with Crippen LogP contribution in [0.4, 0.5) is 0 Å². The Labute approximate surface area is 264 Å². The fourth-order valence-electron chi connectivity index (χ4n) is 6.12. The van der Waals surface area contributed by atoms with Crippen molar-refractivity contribution >= 4 is 0 Å². The van der Waals surface area contributed by atoms with Crippen LogP contribution in [0.15, 0.2) is 0 Å². The number of piperidine rings is 2. The summed E-state index contributed by atoms with van der Waals surface area (Å²) in [6.07, 6.45) is 5.32. The van der Waals surface area contributed by atoms with Crippen LogP contribution in [0.25, 0.3) is 0 Å². The second kappa shape index (κ2) is 26.0. The zero-order chi connectivity index (χ0) is 31.9. The molecular formula is C34H77N7O. The van der Waals surface area contributed by atoms with Gasteiger partial charge in [0, 0.05) is 83.2 Å². The molecule has 254 valence electrons. The molecule has 0 aromatic carbocycles. The molecule has 0 atom stereocenters. The van der Waals surface area contributed by atoms with Crippen LogP contribution in [0, 0.1) is 0 Å². The molecule has 0 aromatic rings. The smallest absolute Gasteiger partial charge is 0.0594 e. The number of hydrogen-bond donors (Lipinski definition) is 1. The molecular weight excluding hydrogens is 522 g/mol. The lowest BCUT2D eigenvalue weighted by atomic mass is 10.0. The minimum Gasteiger partial charge on any atom is -0.379 e. The normalized spacial score (nSPS) is 22.4. The van der Waals surface area contributed by atoms with E-state index >= 15 is 0 Å². The highest BCUT2D eigenvalue weighted by Gasteiger charge is 2.25. The third kappa shape index (κ3) is 17.2. The molecule has 4 aliphatic heterocycles. The monoisotopic (exact) mass is 600 g/mol. The van der Waals surface area contributed by atoms with Crippen molar-refractivity contribution < 1.29 is 4.74 Å². The van der Waals surface area contributed by atoms with Crippen LogP contribution in [0.3, 0.4) is 0 Å². The second-order valence-electron chi connectivity index (χ2n) is 12.4. The van der Waals surface area contributed by atoms with E-state index in [9.17, 15) is 0 Å². The number of piperazine rings is 1. The number of nitrogens with one attached hydrogen (secondary N) is 1. The lowest BCUT2D eigenvalue weighted by Gasteiger charge is -2.39. The molecule has 42 heavy (non-hydrogen) atoms. The summed E-state index contributed by atoms with van der Waals surface area (Å²) in [5.41, 5.74) is 0. The first-order valence-corrected chi connectivity index (χ1v) is 17.8. The third-order valence-corrected chi connectivity index (χ3v) is 9.04. The largest absolute Gasteiger partial charge is 0.379 e. The Balaban J connectivity index is 0.000000573. The van der Waals surface area contributed by atoms with Gasteiger partial charge in [-0.3, -0.25) is 14.7 Å². The molecule has 0 radical (unpaired) electrons. The Bertz CT molecular complexity index is 546. The van der Waals surface area contributed by atoms with E-state index in [0.29, 0.717) is 0 Å². The van der Waals surface area contributed by atoms with E-state index in [1.807, 2.05) is 34.7 Å². The van der Waals surface area contributed by atoms with Crippen molar-refractivity contribution in [2.24, 2.45) is 0 Å². The second-order valence-corrected chi connectivity index (χ2v) is 12.4. The maximum Gasteiger partial charge on any atom is 0.0594 e. The molecule has 4 rings (SSSR count). The zero-order valence-electron chi connectivity index (χ0n) is 30.6. The summed E-state index contributed by atoms with van der Waals surface area (Å²) in [7, 11) is 6.40. The average Bonchev–Trinajstić information content (AvgIpc) is 3.04. The van der Waals surface area contributed by atoms with E-state index < -0.39 is 0 Å². The number of nitrogens with zero attached hydrogens (tertiary/aromatic N) is 6. The summed E-state index contributed by atoms with van der Waals surface area (Å²) in [4.78, 5) is 15.1. The molecule has 0 spiro atoms. The molecule has 4 heterocycles. The summed E-state index contributed by atoms with van der Waals surface area (Å²) in [5, 5.41) is 3.22. The van der Waals surface area contributed by atoms with Gasteiger partial charge in [0.25, 0.3) is 0 Å². The standard InChI is InChI=1S/C11H23N3O.C10H22N2.C9H20N2.2C2H6/c1-12-10-13-4-2-11(3-5-13)14-6-8-15-9-7-14;1-9(2)12-7-5-10(6-8-12)11(3)4;1-4-10-5-7-11(8-6-10)9(2)3;2*1-2/h11-12H,2-10H2,1H3;9-10H,5-8H2,1-4H3;9H,4-8H2,1-3H3;2*1-2H3. The Morgan fingerprint density at radius 2 is 1.14 bits per heavy atom. The molecule has 0 amide bonds. The SMILES string of the molecule is CC.CC.CC(C)N1CCC(N(C)C)CC1.CCN1CCN(C(C)C)CC1.CNCN1CCC(N2CCOCC2)CC1. The quantitative estimate of drug-likeness (QED) is 0.460. The fraction of sp³-hybridized carbons (Fsp3) is 1.00. The van der Waals surface area contributed by atoms with Crippen LogP contribution in [0.2, 0.25) is 0 Å². The lowest BCUT2D eigenvalue weighted by Crippen LogP contribution is -2.50. The number of likely N-dealkylation sites (tertiary alicyclic amines) is 2. The van der Waals surface area contributed by atoms with Gasteiger partial charge in [0.1, 0.15) is 0 Å². The van der Waals surface area contributed by atoms with Crippen LogP contribution in [0.5, 0.6) is 0 Å². The highest BCUT2D eigenvalue weighted by Crippen LogP contribution is 2.17. The Morgan fingerprint density at radius 3 is 1.55 bits per heavy atom. The molecule has 4 saturated heterocycles. The highest BCUT2D eigenvalue weighted by molar-refractivity contribution is 4.81. The molecule has 0 aromatic heterocycles. The van der Waals surface area contributed by atoms with Crippen molar-refractivity contribution in [3.05, 3.63) is 0 Å². The van der Waals surface area contributed by atoms with Gasteiger partial charge >= 0.3 is 0 Å². The number of morpholine rings is 1. The first-order chi connectivity index (χ1) is 20.2. The zero-order valence-corrected chi connectivity index (χ0v) is 30.6. The van der Waals surface area contributed by atoms with Gasteiger partial charge in [0.05, 0.1) is 13.2 Å². The summed E-state index contributed by atoms with van der Waals surface area (Å²) < 4.78 is 5.39. The third-order valence-electron chi connectivity index (χ3n) is 9.04. The van der Waals surface area contributed by atoms with E-state index in [0.717, 1.165) is 57.1 Å². The summed E-state index contributed by atoms with van der Waals surface area (Å²) in [5.74, 6) is 0. The van der Waals surface area contributed by atoms with E-state index in [2.05, 4.69) is 83.4 Å². The van der Waals surface area contributed by atoms with Crippen LogP contribution in [0.1, 0.15) is 88.0 Å². The molecule has 4 fully saturated rings. The molecule has 1 N–H and O–H groups in total. The summed E-state index contributed by atoms with van der Waals surface area (Å²) >= 11 is 0. The van der Waals surface area contributed by atoms with Crippen molar-refractivity contribution in [2.75, 3.05) is 113 Å². The van der Waals surface area contributed by atoms with Gasteiger partial charge < -0.3 is 24.8 Å². The molecule has 8 nitrogen and oxygen atoms in total. The predicted molar refractivity (Wildman–Crippen MR) is 186 cm³/mol. The summed E-state index contributed by atoms with van der Waals surface area (Å²) in [6.45, 7) is 35.8.